The largest absolute Gasteiger partial charge is 0.509 e. The van der Waals surface area contributed by atoms with Crippen LogP contribution in [-0.4, -0.2) is 145 Å². The number of fused-ring (bicyclic) bond motifs is 3. The number of unbranched alkanes of at least 4 members (excludes halogenated alkanes) is 8. The molecule has 20 heteroatoms. The third-order valence-corrected chi connectivity index (χ3v) is 18.1. The van der Waals surface area contributed by atoms with Crippen molar-refractivity contribution in [3.05, 3.63) is 84.0 Å². The van der Waals surface area contributed by atoms with Crippen LogP contribution in [-0.2, 0) is 71.2 Å². The number of esters is 4. The molecule has 490 valence electrons. The molecule has 88 heavy (non-hydrogen) atoms. The summed E-state index contributed by atoms with van der Waals surface area (Å²) in [4.78, 5) is 85.3. The maximum Gasteiger partial charge on any atom is 0.509 e. The van der Waals surface area contributed by atoms with Gasteiger partial charge in [0.15, 0.2) is 24.3 Å². The first-order chi connectivity index (χ1) is 41.7. The molecule has 0 bridgehead atoms. The molecule has 7 rings (SSSR count). The van der Waals surface area contributed by atoms with Gasteiger partial charge in [-0.15, -0.1) is 0 Å². The summed E-state index contributed by atoms with van der Waals surface area (Å²) in [5.74, 6) is -4.73. The van der Waals surface area contributed by atoms with Crippen molar-refractivity contribution in [2.24, 2.45) is 22.7 Å². The second-order valence-corrected chi connectivity index (χ2v) is 26.7. The summed E-state index contributed by atoms with van der Waals surface area (Å²) in [6.07, 6.45) is 9.80. The van der Waals surface area contributed by atoms with Gasteiger partial charge in [-0.05, 0) is 122 Å². The molecule has 2 saturated carbocycles. The van der Waals surface area contributed by atoms with E-state index in [4.69, 9.17) is 56.8 Å². The number of carbonyl (C=O) groups excluding carboxylic acids is 6. The van der Waals surface area contributed by atoms with Crippen molar-refractivity contribution in [1.82, 2.24) is 5.32 Å². The normalized spacial score (nSPS) is 30.7. The molecule has 1 amide bonds. The molecule has 3 aliphatic carbocycles. The Kier molecular flexibility index (Phi) is 24.2. The highest BCUT2D eigenvalue weighted by Gasteiger charge is 2.81. The van der Waals surface area contributed by atoms with Gasteiger partial charge < -0.3 is 67.3 Å². The number of benzene rings is 1. The zero-order chi connectivity index (χ0) is 64.2. The summed E-state index contributed by atoms with van der Waals surface area (Å²) in [5.41, 5.74) is -7.19. The lowest BCUT2D eigenvalue weighted by atomic mass is 9.49. The highest BCUT2D eigenvalue weighted by atomic mass is 16.8. The molecular weight excluding hydrogens is 1130 g/mol. The second kappa shape index (κ2) is 30.4. The Labute approximate surface area is 520 Å². The first-order valence-corrected chi connectivity index (χ1v) is 31.9. The van der Waals surface area contributed by atoms with Crippen LogP contribution in [0.4, 0.5) is 9.59 Å². The van der Waals surface area contributed by atoms with Crippen LogP contribution in [0.15, 0.2) is 78.4 Å². The van der Waals surface area contributed by atoms with Gasteiger partial charge in [0, 0.05) is 32.1 Å². The maximum absolute atomic E-state index is 15.4. The number of allylic oxidation sites excluding steroid dienone is 4. The number of hydrogen-bond donors (Lipinski definition) is 2. The van der Waals surface area contributed by atoms with E-state index in [1.165, 1.54) is 53.0 Å². The van der Waals surface area contributed by atoms with Crippen LogP contribution in [0.1, 0.15) is 190 Å². The lowest BCUT2D eigenvalue weighted by Gasteiger charge is -2.67. The Balaban J connectivity index is 1.16. The van der Waals surface area contributed by atoms with E-state index in [0.717, 1.165) is 51.4 Å². The monoisotopic (exact) mass is 1230 g/mol. The molecule has 20 nitrogen and oxygen atoms in total. The molecule has 5 fully saturated rings. The van der Waals surface area contributed by atoms with E-state index >= 15 is 4.79 Å². The van der Waals surface area contributed by atoms with Crippen molar-refractivity contribution in [3.63, 3.8) is 0 Å². The van der Waals surface area contributed by atoms with Crippen LogP contribution in [0, 0.1) is 22.7 Å². The van der Waals surface area contributed by atoms with E-state index in [9.17, 15) is 29.1 Å². The van der Waals surface area contributed by atoms with Crippen molar-refractivity contribution in [3.8, 4) is 0 Å². The van der Waals surface area contributed by atoms with Crippen LogP contribution in [0.3, 0.4) is 0 Å². The Morgan fingerprint density at radius 2 is 1.52 bits per heavy atom. The van der Waals surface area contributed by atoms with Gasteiger partial charge in [0.05, 0.1) is 47.9 Å². The Hall–Kier alpha value is -5.64. The van der Waals surface area contributed by atoms with Crippen LogP contribution in [0.25, 0.3) is 0 Å². The fourth-order valence-corrected chi connectivity index (χ4v) is 14.1. The van der Waals surface area contributed by atoms with Crippen LogP contribution < -0.4 is 5.32 Å². The standard InChI is InChI=1S/C68H99NO19/c1-14-16-17-18-19-20-21-22-23-24-25-26-27-28-32-35-53-77-39-47(81-53)40-78-63(75)85-55(48(36-42(3)4)69-62(74)88-64(8,9)10)61(73)82-49-38-67(65(11,12)76)54(43(49)5)56(80-44(6)70)58-66(13)50(83-52(15-2)84-58)37-51-68(41-79-51,87-45(7)71)57(66)59(67)86-60(72)46-33-30-29-31-34-46/h15,18-19,21-22,29-31,33-34,42,47-53,55-59,76H,2,14,16-17,20,23-28,32,35-41H2,1,3-13H3,(H,69,74)/b19-18-,22-21-/t47?,48-,49-,50-,51+,52-,53?,55+,56-,57-,58-,59-,66+,67-,68-/m0/s1. The smallest absolute Gasteiger partial charge is 0.457 e. The Bertz CT molecular complexity index is 2660. The average molecular weight is 1230 g/mol. The minimum atomic E-state index is -2.00. The lowest BCUT2D eigenvalue weighted by Crippen LogP contribution is -2.80. The SMILES string of the molecule is C=C[C@H]1O[C@H]2C[C@H]3OC[C@@]3(OC(C)=O)[C@H]3[C@H](OC(=O)c4ccccc4)[C@]4(C(C)(C)O)C[C@H](OC(=O)[C@H](OC(=O)OCC5COC(CCCCCCCC/C=C\C/C=C\CCCC)O5)[C@H](CC(C)C)NC(=O)OC(C)(C)C)C(C)=C4[C@H](OC(C)=O)[C@H](O1)[C@]23C. The quantitative estimate of drug-likeness (QED) is 0.0328. The van der Waals surface area contributed by atoms with Crippen molar-refractivity contribution < 1.29 is 90.7 Å². The molecule has 3 saturated heterocycles. The zero-order valence-electron chi connectivity index (χ0n) is 54.0. The van der Waals surface area contributed by atoms with Gasteiger partial charge in [-0.1, -0.05) is 115 Å². The van der Waals surface area contributed by atoms with E-state index in [0.29, 0.717) is 6.42 Å². The molecule has 1 aromatic carbocycles. The minimum Gasteiger partial charge on any atom is -0.457 e. The van der Waals surface area contributed by atoms with Crippen LogP contribution >= 0.6 is 0 Å². The summed E-state index contributed by atoms with van der Waals surface area (Å²) in [6, 6.07) is 6.94. The molecule has 3 aliphatic heterocycles. The summed E-state index contributed by atoms with van der Waals surface area (Å²) in [7, 11) is 0. The number of carbonyl (C=O) groups is 6. The number of hydrogen-bond acceptors (Lipinski definition) is 19. The topological polar surface area (TPSA) is 245 Å². The van der Waals surface area contributed by atoms with Gasteiger partial charge in [-0.2, -0.15) is 0 Å². The fraction of sp³-hybridized carbons (Fsp3) is 0.706. The van der Waals surface area contributed by atoms with Gasteiger partial charge in [0.2, 0.25) is 6.10 Å². The van der Waals surface area contributed by atoms with Crippen LogP contribution in [0.5, 0.6) is 0 Å². The van der Waals surface area contributed by atoms with E-state index < -0.39 is 137 Å². The molecule has 0 aromatic heterocycles. The molecule has 2 N–H and O–H groups in total. The highest BCUT2D eigenvalue weighted by molar-refractivity contribution is 5.89. The van der Waals surface area contributed by atoms with Crippen molar-refractivity contribution in [2.75, 3.05) is 19.8 Å². The molecule has 0 radical (unpaired) electrons. The van der Waals surface area contributed by atoms with Crippen molar-refractivity contribution >= 4 is 36.1 Å². The number of aliphatic hydroxyl groups is 1. The summed E-state index contributed by atoms with van der Waals surface area (Å²) >= 11 is 0. The second-order valence-electron chi connectivity index (χ2n) is 26.7. The predicted octanol–water partition coefficient (Wildman–Crippen LogP) is 11.6. The van der Waals surface area contributed by atoms with E-state index in [1.807, 2.05) is 20.8 Å². The Morgan fingerprint density at radius 3 is 2.14 bits per heavy atom. The summed E-state index contributed by atoms with van der Waals surface area (Å²) < 4.78 is 75.4. The van der Waals surface area contributed by atoms with Crippen LogP contribution in [0.2, 0.25) is 0 Å². The third kappa shape index (κ3) is 16.5. The van der Waals surface area contributed by atoms with Gasteiger partial charge in [-0.3, -0.25) is 9.59 Å². The molecule has 0 spiro atoms. The number of nitrogens with one attached hydrogen (secondary N) is 1. The first kappa shape index (κ1) is 69.8. The number of alkyl carbamates (subject to hydrolysis) is 1. The third-order valence-electron chi connectivity index (χ3n) is 18.1. The molecular formula is C68H99NO19. The van der Waals surface area contributed by atoms with Gasteiger partial charge in [0.25, 0.3) is 0 Å². The van der Waals surface area contributed by atoms with Gasteiger partial charge in [0.1, 0.15) is 42.7 Å². The number of ether oxygens (including phenoxy) is 12. The van der Waals surface area contributed by atoms with Gasteiger partial charge >= 0.3 is 36.1 Å². The first-order valence-electron chi connectivity index (χ1n) is 31.9. The van der Waals surface area contributed by atoms with E-state index in [-0.39, 0.29) is 61.7 Å². The molecule has 3 heterocycles. The molecule has 2 unspecified atom stereocenters. The summed E-state index contributed by atoms with van der Waals surface area (Å²) in [5, 5.41) is 16.0. The predicted molar refractivity (Wildman–Crippen MR) is 324 cm³/mol. The molecule has 15 atom stereocenters. The highest BCUT2D eigenvalue weighted by Crippen LogP contribution is 2.70. The number of amides is 1. The van der Waals surface area contributed by atoms with Gasteiger partial charge in [-0.25, -0.2) is 19.2 Å². The number of rotatable bonds is 29. The van der Waals surface area contributed by atoms with E-state index in [1.54, 1.807) is 58.0 Å². The fourth-order valence-electron chi connectivity index (χ4n) is 14.1. The van der Waals surface area contributed by atoms with Crippen molar-refractivity contribution in [2.45, 2.75) is 264 Å². The maximum atomic E-state index is 15.4. The average Bonchev–Trinajstić information content (AvgIpc) is 1.38. The zero-order valence-corrected chi connectivity index (χ0v) is 54.0. The minimum absolute atomic E-state index is 0.0705. The Morgan fingerprint density at radius 1 is 0.841 bits per heavy atom. The van der Waals surface area contributed by atoms with Crippen molar-refractivity contribution in [1.29, 1.82) is 0 Å². The summed E-state index contributed by atoms with van der Waals surface area (Å²) in [6.45, 7) is 23.6. The molecule has 1 aromatic rings. The lowest BCUT2D eigenvalue weighted by molar-refractivity contribution is -0.392. The van der Waals surface area contributed by atoms with E-state index in [2.05, 4.69) is 43.1 Å². The molecule has 6 aliphatic rings.